The predicted octanol–water partition coefficient (Wildman–Crippen LogP) is 3.87. The van der Waals surface area contributed by atoms with Crippen molar-refractivity contribution in [2.75, 3.05) is 14.1 Å². The Hall–Kier alpha value is -1.60. The fourth-order valence-corrected chi connectivity index (χ4v) is 3.59. The average Bonchev–Trinajstić information content (AvgIpc) is 2.48. The van der Waals surface area contributed by atoms with Gasteiger partial charge in [-0.25, -0.2) is 0 Å². The molecule has 0 heterocycles. The molecule has 0 radical (unpaired) electrons. The Morgan fingerprint density at radius 1 is 0.950 bits per heavy atom. The number of fused-ring (bicyclic) bond motifs is 1. The second kappa shape index (κ2) is 5.06. The summed E-state index contributed by atoms with van der Waals surface area (Å²) >= 11 is 0. The van der Waals surface area contributed by atoms with Crippen molar-refractivity contribution >= 4 is 0 Å². The minimum atomic E-state index is 0.116. The van der Waals surface area contributed by atoms with Crippen molar-refractivity contribution in [2.45, 2.75) is 31.2 Å². The molecule has 1 aliphatic rings. The summed E-state index contributed by atoms with van der Waals surface area (Å²) in [5.74, 6) is 0. The summed E-state index contributed by atoms with van der Waals surface area (Å²) in [5, 5.41) is 0. The third-order valence-electron chi connectivity index (χ3n) is 4.85. The SMILES string of the molecule is CN(C)[C@@H]1Cc2ccccc2[C@](C)(c2ccccc2)C1. The number of benzene rings is 2. The first-order valence-corrected chi connectivity index (χ1v) is 7.41. The van der Waals surface area contributed by atoms with E-state index in [1.807, 2.05) is 0 Å². The van der Waals surface area contributed by atoms with Crippen LogP contribution in [0.25, 0.3) is 0 Å². The van der Waals surface area contributed by atoms with E-state index >= 15 is 0 Å². The highest BCUT2D eigenvalue weighted by atomic mass is 15.1. The van der Waals surface area contributed by atoms with Crippen molar-refractivity contribution in [3.63, 3.8) is 0 Å². The lowest BCUT2D eigenvalue weighted by Gasteiger charge is -2.43. The van der Waals surface area contributed by atoms with E-state index in [0.29, 0.717) is 6.04 Å². The largest absolute Gasteiger partial charge is 0.306 e. The highest BCUT2D eigenvalue weighted by Gasteiger charge is 2.38. The first kappa shape index (κ1) is 13.4. The molecular weight excluding hydrogens is 242 g/mol. The molecule has 0 saturated heterocycles. The molecule has 3 rings (SSSR count). The van der Waals surface area contributed by atoms with Gasteiger partial charge in [0.2, 0.25) is 0 Å². The van der Waals surface area contributed by atoms with Crippen molar-refractivity contribution in [2.24, 2.45) is 0 Å². The van der Waals surface area contributed by atoms with Crippen LogP contribution in [0, 0.1) is 0 Å². The molecule has 1 heteroatoms. The lowest BCUT2D eigenvalue weighted by molar-refractivity contribution is 0.229. The molecule has 2 atom stereocenters. The Balaban J connectivity index is 2.14. The topological polar surface area (TPSA) is 3.24 Å². The van der Waals surface area contributed by atoms with E-state index in [2.05, 4.69) is 80.5 Å². The molecule has 0 saturated carbocycles. The Bertz CT molecular complexity index is 588. The molecular formula is C19H23N. The van der Waals surface area contributed by atoms with Crippen molar-refractivity contribution in [3.8, 4) is 0 Å². The summed E-state index contributed by atoms with van der Waals surface area (Å²) in [5.41, 5.74) is 4.55. The van der Waals surface area contributed by atoms with Crippen LogP contribution in [0.3, 0.4) is 0 Å². The molecule has 0 spiro atoms. The fourth-order valence-electron chi connectivity index (χ4n) is 3.59. The van der Waals surface area contributed by atoms with Gasteiger partial charge in [0.05, 0.1) is 0 Å². The molecule has 1 aliphatic carbocycles. The van der Waals surface area contributed by atoms with Gasteiger partial charge in [-0.05, 0) is 43.6 Å². The van der Waals surface area contributed by atoms with Gasteiger partial charge in [-0.15, -0.1) is 0 Å². The summed E-state index contributed by atoms with van der Waals surface area (Å²) < 4.78 is 0. The van der Waals surface area contributed by atoms with Crippen molar-refractivity contribution < 1.29 is 0 Å². The highest BCUT2D eigenvalue weighted by molar-refractivity contribution is 5.45. The summed E-state index contributed by atoms with van der Waals surface area (Å²) in [7, 11) is 4.40. The van der Waals surface area contributed by atoms with Gasteiger partial charge < -0.3 is 4.90 Å². The van der Waals surface area contributed by atoms with Gasteiger partial charge in [0.1, 0.15) is 0 Å². The smallest absolute Gasteiger partial charge is 0.0192 e. The Kier molecular flexibility index (Phi) is 3.39. The maximum atomic E-state index is 2.40. The Labute approximate surface area is 122 Å². The number of hydrogen-bond donors (Lipinski definition) is 0. The number of likely N-dealkylation sites (N-methyl/N-ethyl adjacent to an activating group) is 1. The van der Waals surface area contributed by atoms with Gasteiger partial charge >= 0.3 is 0 Å². The van der Waals surface area contributed by atoms with Gasteiger partial charge in [-0.3, -0.25) is 0 Å². The van der Waals surface area contributed by atoms with Crippen LogP contribution in [0.4, 0.5) is 0 Å². The molecule has 0 unspecified atom stereocenters. The Morgan fingerprint density at radius 2 is 1.60 bits per heavy atom. The van der Waals surface area contributed by atoms with Crippen molar-refractivity contribution in [1.82, 2.24) is 4.90 Å². The van der Waals surface area contributed by atoms with Crippen LogP contribution in [-0.4, -0.2) is 25.0 Å². The van der Waals surface area contributed by atoms with E-state index in [0.717, 1.165) is 6.42 Å². The highest BCUT2D eigenvalue weighted by Crippen LogP contribution is 2.43. The first-order valence-electron chi connectivity index (χ1n) is 7.41. The maximum absolute atomic E-state index is 2.40. The lowest BCUT2D eigenvalue weighted by Crippen LogP contribution is -2.42. The lowest BCUT2D eigenvalue weighted by atomic mass is 9.65. The normalized spacial score (nSPS) is 25.5. The van der Waals surface area contributed by atoms with Crippen LogP contribution in [0.15, 0.2) is 54.6 Å². The van der Waals surface area contributed by atoms with Gasteiger partial charge in [-0.1, -0.05) is 61.5 Å². The van der Waals surface area contributed by atoms with E-state index in [1.54, 1.807) is 0 Å². The second-order valence-corrected chi connectivity index (χ2v) is 6.38. The van der Waals surface area contributed by atoms with Gasteiger partial charge in [-0.2, -0.15) is 0 Å². The maximum Gasteiger partial charge on any atom is 0.0192 e. The zero-order valence-corrected chi connectivity index (χ0v) is 12.6. The third-order valence-corrected chi connectivity index (χ3v) is 4.85. The summed E-state index contributed by atoms with van der Waals surface area (Å²) in [6, 6.07) is 20.5. The van der Waals surface area contributed by atoms with E-state index < -0.39 is 0 Å². The van der Waals surface area contributed by atoms with Gasteiger partial charge in [0.25, 0.3) is 0 Å². The van der Waals surface area contributed by atoms with Crippen molar-refractivity contribution in [3.05, 3.63) is 71.3 Å². The molecule has 0 bridgehead atoms. The summed E-state index contributed by atoms with van der Waals surface area (Å²) in [6.45, 7) is 2.40. The molecule has 20 heavy (non-hydrogen) atoms. The molecule has 0 aliphatic heterocycles. The summed E-state index contributed by atoms with van der Waals surface area (Å²) in [6.07, 6.45) is 2.34. The number of rotatable bonds is 2. The van der Waals surface area contributed by atoms with Gasteiger partial charge in [0, 0.05) is 11.5 Å². The zero-order chi connectivity index (χ0) is 14.2. The first-order chi connectivity index (χ1) is 9.61. The van der Waals surface area contributed by atoms with Crippen LogP contribution in [0.1, 0.15) is 30.0 Å². The van der Waals surface area contributed by atoms with E-state index in [-0.39, 0.29) is 5.41 Å². The van der Waals surface area contributed by atoms with Crippen LogP contribution in [0.2, 0.25) is 0 Å². The quantitative estimate of drug-likeness (QED) is 0.797. The van der Waals surface area contributed by atoms with Crippen LogP contribution in [-0.2, 0) is 11.8 Å². The predicted molar refractivity (Wildman–Crippen MR) is 85.1 cm³/mol. The molecule has 2 aromatic rings. The molecule has 104 valence electrons. The standard InChI is InChI=1S/C19H23N/c1-19(16-10-5-4-6-11-16)14-17(20(2)3)13-15-9-7-8-12-18(15)19/h4-12,17H,13-14H2,1-3H3/t17-,19+/m1/s1. The van der Waals surface area contributed by atoms with E-state index in [4.69, 9.17) is 0 Å². The molecule has 2 aromatic carbocycles. The second-order valence-electron chi connectivity index (χ2n) is 6.38. The zero-order valence-electron chi connectivity index (χ0n) is 12.6. The Morgan fingerprint density at radius 3 is 2.30 bits per heavy atom. The van der Waals surface area contributed by atoms with E-state index in [9.17, 15) is 0 Å². The van der Waals surface area contributed by atoms with Crippen LogP contribution in [0.5, 0.6) is 0 Å². The minimum absolute atomic E-state index is 0.116. The van der Waals surface area contributed by atoms with E-state index in [1.165, 1.54) is 23.1 Å². The average molecular weight is 265 g/mol. The molecule has 0 amide bonds. The molecule has 0 fully saturated rings. The fraction of sp³-hybridized carbons (Fsp3) is 0.368. The monoisotopic (exact) mass is 265 g/mol. The van der Waals surface area contributed by atoms with Crippen LogP contribution < -0.4 is 0 Å². The number of nitrogens with zero attached hydrogens (tertiary/aromatic N) is 1. The van der Waals surface area contributed by atoms with Gasteiger partial charge in [0.15, 0.2) is 0 Å². The number of hydrogen-bond acceptors (Lipinski definition) is 1. The third kappa shape index (κ3) is 2.16. The molecule has 1 nitrogen and oxygen atoms in total. The molecule has 0 N–H and O–H groups in total. The minimum Gasteiger partial charge on any atom is -0.306 e. The molecule has 0 aromatic heterocycles. The van der Waals surface area contributed by atoms with Crippen molar-refractivity contribution in [1.29, 1.82) is 0 Å². The summed E-state index contributed by atoms with van der Waals surface area (Å²) in [4.78, 5) is 2.37. The van der Waals surface area contributed by atoms with Crippen LogP contribution >= 0.6 is 0 Å².